The monoisotopic (exact) mass is 192 g/mol. The van der Waals surface area contributed by atoms with Gasteiger partial charge in [-0.2, -0.15) is 11.2 Å². The molecule has 0 N–H and O–H groups in total. The van der Waals surface area contributed by atoms with Crippen molar-refractivity contribution in [2.75, 3.05) is 5.75 Å². The first-order valence-corrected chi connectivity index (χ1v) is 11.4. The minimum Gasteiger partial charge on any atom is -0.194 e. The molecular formula is C7H20SSi2. The smallest absolute Gasteiger partial charge is 0.0851 e. The van der Waals surface area contributed by atoms with Gasteiger partial charge in [-0.05, 0) is 12.2 Å². The maximum absolute atomic E-state index is 2.45. The van der Waals surface area contributed by atoms with Gasteiger partial charge in [0.15, 0.2) is 0 Å². The predicted octanol–water partition coefficient (Wildman–Crippen LogP) is 2.12. The Hall–Kier alpha value is 0.784. The van der Waals surface area contributed by atoms with Crippen molar-refractivity contribution in [1.29, 1.82) is 0 Å². The Morgan fingerprint density at radius 1 is 1.40 bits per heavy atom. The minimum absolute atomic E-state index is 0.220. The van der Waals surface area contributed by atoms with E-state index in [1.165, 1.54) is 18.2 Å². The fourth-order valence-corrected chi connectivity index (χ4v) is 5.11. The lowest BCUT2D eigenvalue weighted by Crippen LogP contribution is -1.99. The van der Waals surface area contributed by atoms with E-state index in [9.17, 15) is 0 Å². The van der Waals surface area contributed by atoms with E-state index in [1.807, 2.05) is 0 Å². The summed E-state index contributed by atoms with van der Waals surface area (Å²) < 4.78 is 0. The predicted molar refractivity (Wildman–Crippen MR) is 59.8 cm³/mol. The third-order valence-corrected chi connectivity index (χ3v) is 7.21. The standard InChI is InChI=1S/C7H20SSi2/c1-4-9-8-6-5-7-10(2)3/h10H,4-7,9H2,1-3H3. The first kappa shape index (κ1) is 10.8. The highest BCUT2D eigenvalue weighted by Crippen LogP contribution is 2.06. The molecule has 0 aromatic carbocycles. The second-order valence-corrected chi connectivity index (χ2v) is 11.2. The van der Waals surface area contributed by atoms with Gasteiger partial charge >= 0.3 is 0 Å². The molecule has 0 saturated heterocycles. The average molecular weight is 192 g/mol. The summed E-state index contributed by atoms with van der Waals surface area (Å²) in [6, 6.07) is 3.04. The lowest BCUT2D eigenvalue weighted by atomic mass is 10.6. The van der Waals surface area contributed by atoms with Crippen LogP contribution >= 0.6 is 11.2 Å². The summed E-state index contributed by atoms with van der Waals surface area (Å²) in [6.07, 6.45) is 1.50. The van der Waals surface area contributed by atoms with Gasteiger partial charge in [0.25, 0.3) is 0 Å². The molecule has 0 fully saturated rings. The first-order chi connectivity index (χ1) is 4.77. The second-order valence-electron chi connectivity index (χ2n) is 3.15. The molecule has 10 heavy (non-hydrogen) atoms. The Kier molecular flexibility index (Phi) is 8.50. The SMILES string of the molecule is CC[SiH2]SCCC[SiH](C)C. The molecule has 0 nitrogen and oxygen atoms in total. The zero-order valence-corrected chi connectivity index (χ0v) is 10.9. The van der Waals surface area contributed by atoms with Crippen LogP contribution in [0.5, 0.6) is 0 Å². The number of hydrogen-bond donors (Lipinski definition) is 0. The third-order valence-electron chi connectivity index (χ3n) is 1.42. The number of rotatable bonds is 6. The van der Waals surface area contributed by atoms with Crippen molar-refractivity contribution < 1.29 is 0 Å². The van der Waals surface area contributed by atoms with E-state index in [2.05, 4.69) is 31.2 Å². The molecule has 0 radical (unpaired) electrons. The van der Waals surface area contributed by atoms with E-state index >= 15 is 0 Å². The molecule has 0 bridgehead atoms. The summed E-state index contributed by atoms with van der Waals surface area (Å²) in [7, 11) is 0.0890. The Morgan fingerprint density at radius 3 is 2.60 bits per heavy atom. The summed E-state index contributed by atoms with van der Waals surface area (Å²) in [5, 5.41) is 0. The Morgan fingerprint density at radius 2 is 2.10 bits per heavy atom. The van der Waals surface area contributed by atoms with Crippen LogP contribution in [0.1, 0.15) is 13.3 Å². The van der Waals surface area contributed by atoms with E-state index in [0.29, 0.717) is 8.67 Å². The zero-order valence-electron chi connectivity index (χ0n) is 7.52. The van der Waals surface area contributed by atoms with Gasteiger partial charge in [0.1, 0.15) is 0 Å². The van der Waals surface area contributed by atoms with Gasteiger partial charge < -0.3 is 0 Å². The third kappa shape index (κ3) is 8.78. The molecule has 0 unspecified atom stereocenters. The fourth-order valence-electron chi connectivity index (χ4n) is 0.840. The maximum atomic E-state index is 2.45. The molecule has 62 valence electrons. The molecular weight excluding hydrogens is 172 g/mol. The van der Waals surface area contributed by atoms with E-state index < -0.39 is 0 Å². The fraction of sp³-hybridized carbons (Fsp3) is 1.00. The minimum atomic E-state index is -0.220. The molecule has 0 atom stereocenters. The Balaban J connectivity index is 2.77. The molecule has 0 aliphatic heterocycles. The molecule has 0 spiro atoms. The molecule has 0 saturated carbocycles. The van der Waals surface area contributed by atoms with E-state index in [0.717, 1.165) is 0 Å². The molecule has 0 aliphatic carbocycles. The van der Waals surface area contributed by atoms with Gasteiger partial charge in [-0.25, -0.2) is 0 Å². The van der Waals surface area contributed by atoms with Crippen molar-refractivity contribution in [2.45, 2.75) is 38.5 Å². The van der Waals surface area contributed by atoms with Gasteiger partial charge in [0.05, 0.1) is 8.67 Å². The van der Waals surface area contributed by atoms with Gasteiger partial charge in [-0.3, -0.25) is 0 Å². The largest absolute Gasteiger partial charge is 0.194 e. The Labute approximate surface area is 73.2 Å². The van der Waals surface area contributed by atoms with Gasteiger partial charge in [0, 0.05) is 8.80 Å². The second kappa shape index (κ2) is 7.89. The summed E-state index contributed by atoms with van der Waals surface area (Å²) in [4.78, 5) is 0. The van der Waals surface area contributed by atoms with Crippen molar-refractivity contribution in [1.82, 2.24) is 0 Å². The van der Waals surface area contributed by atoms with Crippen LogP contribution in [0.25, 0.3) is 0 Å². The summed E-state index contributed by atoms with van der Waals surface area (Å²) in [6.45, 7) is 7.21. The van der Waals surface area contributed by atoms with Crippen LogP contribution in [0, 0.1) is 0 Å². The maximum Gasteiger partial charge on any atom is 0.0851 e. The van der Waals surface area contributed by atoms with Crippen molar-refractivity contribution in [3.05, 3.63) is 0 Å². The topological polar surface area (TPSA) is 0 Å². The summed E-state index contributed by atoms with van der Waals surface area (Å²) >= 11 is 2.26. The van der Waals surface area contributed by atoms with Gasteiger partial charge in [0.2, 0.25) is 0 Å². The highest BCUT2D eigenvalue weighted by atomic mass is 32.4. The van der Waals surface area contributed by atoms with E-state index in [4.69, 9.17) is 0 Å². The molecule has 0 aromatic rings. The van der Waals surface area contributed by atoms with Crippen LogP contribution in [0.4, 0.5) is 0 Å². The van der Waals surface area contributed by atoms with Crippen molar-refractivity contribution in [3.63, 3.8) is 0 Å². The zero-order chi connectivity index (χ0) is 7.82. The normalized spacial score (nSPS) is 12.0. The van der Waals surface area contributed by atoms with Crippen LogP contribution in [-0.2, 0) is 0 Å². The highest BCUT2D eigenvalue weighted by Gasteiger charge is 1.94. The van der Waals surface area contributed by atoms with Gasteiger partial charge in [-0.1, -0.05) is 32.1 Å². The molecule has 0 rings (SSSR count). The van der Waals surface area contributed by atoms with Crippen LogP contribution in [-0.4, -0.2) is 23.2 Å². The average Bonchev–Trinajstić information content (AvgIpc) is 1.87. The molecule has 0 amide bonds. The van der Waals surface area contributed by atoms with Crippen LogP contribution in [0.3, 0.4) is 0 Å². The van der Waals surface area contributed by atoms with Gasteiger partial charge in [-0.15, -0.1) is 0 Å². The van der Waals surface area contributed by atoms with Crippen LogP contribution in [0.2, 0.25) is 25.2 Å². The van der Waals surface area contributed by atoms with Crippen LogP contribution in [0.15, 0.2) is 0 Å². The van der Waals surface area contributed by atoms with Crippen molar-refractivity contribution in [2.24, 2.45) is 0 Å². The lowest BCUT2D eigenvalue weighted by molar-refractivity contribution is 1.08. The van der Waals surface area contributed by atoms with Crippen molar-refractivity contribution in [3.8, 4) is 0 Å². The quantitative estimate of drug-likeness (QED) is 0.459. The molecule has 0 heterocycles. The Bertz CT molecular complexity index is 66.6. The summed E-state index contributed by atoms with van der Waals surface area (Å²) in [5.41, 5.74) is 0. The molecule has 0 aromatic heterocycles. The molecule has 0 aliphatic rings. The number of hydrogen-bond acceptors (Lipinski definition) is 1. The first-order valence-electron chi connectivity index (χ1n) is 4.35. The summed E-state index contributed by atoms with van der Waals surface area (Å²) in [5.74, 6) is 1.46. The highest BCUT2D eigenvalue weighted by molar-refractivity contribution is 8.22. The van der Waals surface area contributed by atoms with E-state index in [1.54, 1.807) is 6.04 Å². The van der Waals surface area contributed by atoms with Crippen LogP contribution < -0.4 is 0 Å². The molecule has 3 heteroatoms. The lowest BCUT2D eigenvalue weighted by Gasteiger charge is -2.01. The van der Waals surface area contributed by atoms with Crippen molar-refractivity contribution >= 4 is 28.7 Å². The van der Waals surface area contributed by atoms with E-state index in [-0.39, 0.29) is 8.80 Å².